The van der Waals surface area contributed by atoms with E-state index in [1.54, 1.807) is 17.8 Å². The molecule has 166 valence electrons. The number of hydrogen-bond donors (Lipinski definition) is 3. The van der Waals surface area contributed by atoms with Gasteiger partial charge in [0.05, 0.1) is 19.9 Å². The maximum atomic E-state index is 15.1. The molecule has 3 aromatic heterocycles. The molecule has 0 spiro atoms. The van der Waals surface area contributed by atoms with E-state index in [1.807, 2.05) is 13.1 Å². The molecule has 4 rings (SSSR count). The zero-order valence-electron chi connectivity index (χ0n) is 18.2. The first kappa shape index (κ1) is 21.5. The van der Waals surface area contributed by atoms with Crippen LogP contribution in [-0.4, -0.2) is 51.4 Å². The fourth-order valence-electron chi connectivity index (χ4n) is 3.84. The number of nitrogens with zero attached hydrogens (tertiary/aromatic N) is 4. The van der Waals surface area contributed by atoms with Crippen molar-refractivity contribution >= 4 is 11.5 Å². The van der Waals surface area contributed by atoms with Gasteiger partial charge in [0.2, 0.25) is 0 Å². The first-order chi connectivity index (χ1) is 15.1. The van der Waals surface area contributed by atoms with Crippen molar-refractivity contribution in [3.63, 3.8) is 0 Å². The predicted molar refractivity (Wildman–Crippen MR) is 117 cm³/mol. The van der Waals surface area contributed by atoms with Crippen LogP contribution < -0.4 is 15.4 Å². The Balaban J connectivity index is 1.78. The number of anilines is 1. The number of pyridine rings is 1. The summed E-state index contributed by atoms with van der Waals surface area (Å²) in [6.45, 7) is 2.53. The first-order valence-corrected chi connectivity index (χ1v) is 10.7. The number of halogens is 1. The van der Waals surface area contributed by atoms with Gasteiger partial charge in [0.15, 0.2) is 11.5 Å². The lowest BCUT2D eigenvalue weighted by molar-refractivity contribution is 0.281. The largest absolute Gasteiger partial charge is 0.495 e. The van der Waals surface area contributed by atoms with Crippen molar-refractivity contribution in [2.24, 2.45) is 0 Å². The summed E-state index contributed by atoms with van der Waals surface area (Å²) in [5.41, 5.74) is 2.45. The average molecular weight is 429 g/mol. The van der Waals surface area contributed by atoms with E-state index < -0.39 is 5.82 Å². The van der Waals surface area contributed by atoms with Crippen LogP contribution >= 0.6 is 0 Å². The van der Waals surface area contributed by atoms with Gasteiger partial charge < -0.3 is 20.5 Å². The Labute approximate surface area is 180 Å². The Morgan fingerprint density at radius 1 is 1.35 bits per heavy atom. The number of aromatic nitrogens is 4. The normalized spacial score (nSPS) is 14.7. The molecular weight excluding hydrogens is 399 g/mol. The molecule has 0 aliphatic heterocycles. The molecule has 9 heteroatoms. The van der Waals surface area contributed by atoms with Crippen LogP contribution in [0.2, 0.25) is 0 Å². The van der Waals surface area contributed by atoms with Crippen molar-refractivity contribution in [3.8, 4) is 17.1 Å². The lowest BCUT2D eigenvalue weighted by Gasteiger charge is -2.20. The van der Waals surface area contributed by atoms with Crippen molar-refractivity contribution in [2.75, 3.05) is 26.0 Å². The lowest BCUT2D eigenvalue weighted by atomic mass is 10.1. The molecule has 3 N–H and O–H groups in total. The van der Waals surface area contributed by atoms with E-state index in [9.17, 15) is 5.11 Å². The van der Waals surface area contributed by atoms with Gasteiger partial charge in [0.25, 0.3) is 0 Å². The number of aliphatic hydroxyl groups is 1. The molecule has 8 nitrogen and oxygen atoms in total. The second-order valence-electron chi connectivity index (χ2n) is 7.96. The summed E-state index contributed by atoms with van der Waals surface area (Å²) >= 11 is 0. The third-order valence-electron chi connectivity index (χ3n) is 5.57. The maximum Gasteiger partial charge on any atom is 0.157 e. The monoisotopic (exact) mass is 428 g/mol. The molecule has 0 aromatic carbocycles. The van der Waals surface area contributed by atoms with Gasteiger partial charge in [0, 0.05) is 30.1 Å². The van der Waals surface area contributed by atoms with E-state index in [4.69, 9.17) is 9.84 Å². The highest BCUT2D eigenvalue weighted by molar-refractivity contribution is 5.64. The SMILES string of the molecule is CCC[C@H](CNC)Nc1nc(-c2cnc3cc(OC)c(C4CC4)nn23)c(F)cc1CO. The number of fused-ring (bicyclic) bond motifs is 1. The molecule has 0 unspecified atom stereocenters. The summed E-state index contributed by atoms with van der Waals surface area (Å²) in [5, 5.41) is 21.0. The van der Waals surface area contributed by atoms with Crippen LogP contribution in [0.1, 0.15) is 49.8 Å². The number of hydrogen-bond acceptors (Lipinski definition) is 7. The van der Waals surface area contributed by atoms with Crippen LogP contribution in [0.3, 0.4) is 0 Å². The van der Waals surface area contributed by atoms with Gasteiger partial charge in [-0.3, -0.25) is 0 Å². The van der Waals surface area contributed by atoms with Crippen LogP contribution in [-0.2, 0) is 6.61 Å². The molecule has 1 saturated carbocycles. The number of aliphatic hydroxyl groups excluding tert-OH is 1. The Kier molecular flexibility index (Phi) is 6.33. The molecule has 3 heterocycles. The minimum atomic E-state index is -0.525. The van der Waals surface area contributed by atoms with Gasteiger partial charge >= 0.3 is 0 Å². The molecule has 1 aliphatic carbocycles. The van der Waals surface area contributed by atoms with Crippen LogP contribution in [0.4, 0.5) is 10.2 Å². The molecule has 3 aromatic rings. The number of likely N-dealkylation sites (N-methyl/N-ethyl adjacent to an activating group) is 1. The second kappa shape index (κ2) is 9.15. The molecule has 1 aliphatic rings. The molecule has 0 saturated heterocycles. The molecule has 1 atom stereocenters. The van der Waals surface area contributed by atoms with E-state index in [0.717, 1.165) is 37.9 Å². The number of nitrogens with one attached hydrogen (secondary N) is 2. The quantitative estimate of drug-likeness (QED) is 0.457. The van der Waals surface area contributed by atoms with Crippen molar-refractivity contribution in [1.29, 1.82) is 0 Å². The van der Waals surface area contributed by atoms with E-state index in [1.165, 1.54) is 6.07 Å². The molecule has 0 radical (unpaired) electrons. The standard InChI is InChI=1S/C22H29FN6O2/c1-4-5-15(10-24-2)26-22-14(12-30)8-16(23)21(27-22)17-11-25-19-9-18(31-3)20(13-6-7-13)28-29(17)19/h8-9,11,13,15,24,30H,4-7,10,12H2,1-3H3,(H,26,27)/t15-/m1/s1. The van der Waals surface area contributed by atoms with Crippen LogP contribution in [0.5, 0.6) is 5.75 Å². The van der Waals surface area contributed by atoms with Gasteiger partial charge in [-0.25, -0.2) is 18.9 Å². The fraction of sp³-hybridized carbons (Fsp3) is 0.500. The van der Waals surface area contributed by atoms with Crippen LogP contribution in [0.25, 0.3) is 17.0 Å². The van der Waals surface area contributed by atoms with Gasteiger partial charge in [0.1, 0.15) is 28.6 Å². The van der Waals surface area contributed by atoms with Gasteiger partial charge in [-0.1, -0.05) is 13.3 Å². The minimum Gasteiger partial charge on any atom is -0.495 e. The molecular formula is C22H29FN6O2. The molecule has 0 amide bonds. The molecule has 0 bridgehead atoms. The zero-order valence-corrected chi connectivity index (χ0v) is 18.2. The molecule has 1 fully saturated rings. The topological polar surface area (TPSA) is 96.6 Å². The van der Waals surface area contributed by atoms with Gasteiger partial charge in [-0.05, 0) is 32.4 Å². The van der Waals surface area contributed by atoms with Crippen LogP contribution in [0, 0.1) is 5.82 Å². The number of methoxy groups -OCH3 is 1. The lowest BCUT2D eigenvalue weighted by Crippen LogP contribution is -2.31. The average Bonchev–Trinajstić information content (AvgIpc) is 3.54. The highest BCUT2D eigenvalue weighted by atomic mass is 19.1. The number of rotatable bonds is 10. The highest BCUT2D eigenvalue weighted by Gasteiger charge is 2.30. The maximum absolute atomic E-state index is 15.1. The highest BCUT2D eigenvalue weighted by Crippen LogP contribution is 2.43. The zero-order chi connectivity index (χ0) is 22.0. The Hall–Kier alpha value is -2.78. The van der Waals surface area contributed by atoms with Crippen LogP contribution in [0.15, 0.2) is 18.3 Å². The summed E-state index contributed by atoms with van der Waals surface area (Å²) in [6, 6.07) is 3.27. The summed E-state index contributed by atoms with van der Waals surface area (Å²) in [4.78, 5) is 8.96. The third kappa shape index (κ3) is 4.33. The van der Waals surface area contributed by atoms with Crippen molar-refractivity contribution < 1.29 is 14.2 Å². The summed E-state index contributed by atoms with van der Waals surface area (Å²) < 4.78 is 22.2. The van der Waals surface area contributed by atoms with Crippen molar-refractivity contribution in [3.05, 3.63) is 35.4 Å². The smallest absolute Gasteiger partial charge is 0.157 e. The van der Waals surface area contributed by atoms with Crippen molar-refractivity contribution in [1.82, 2.24) is 24.9 Å². The van der Waals surface area contributed by atoms with Crippen molar-refractivity contribution in [2.45, 2.75) is 51.2 Å². The van der Waals surface area contributed by atoms with Gasteiger partial charge in [-0.15, -0.1) is 0 Å². The van der Waals surface area contributed by atoms with E-state index in [0.29, 0.717) is 34.4 Å². The second-order valence-corrected chi connectivity index (χ2v) is 7.96. The molecule has 31 heavy (non-hydrogen) atoms. The minimum absolute atomic E-state index is 0.108. The summed E-state index contributed by atoms with van der Waals surface area (Å²) in [6.07, 6.45) is 5.61. The van der Waals surface area contributed by atoms with E-state index >= 15 is 4.39 Å². The first-order valence-electron chi connectivity index (χ1n) is 10.7. The van der Waals surface area contributed by atoms with Gasteiger partial charge in [-0.2, -0.15) is 5.10 Å². The van der Waals surface area contributed by atoms with E-state index in [2.05, 4.69) is 27.5 Å². The third-order valence-corrected chi connectivity index (χ3v) is 5.57. The number of imidazole rings is 1. The predicted octanol–water partition coefficient (Wildman–Crippen LogP) is 3.11. The Bertz CT molecular complexity index is 1060. The summed E-state index contributed by atoms with van der Waals surface area (Å²) in [7, 11) is 3.50. The number of ether oxygens (including phenoxy) is 1. The summed E-state index contributed by atoms with van der Waals surface area (Å²) in [5.74, 6) is 1.01. The van der Waals surface area contributed by atoms with E-state index in [-0.39, 0.29) is 18.3 Å². The fourth-order valence-corrected chi connectivity index (χ4v) is 3.84. The Morgan fingerprint density at radius 3 is 2.81 bits per heavy atom. The Morgan fingerprint density at radius 2 is 2.16 bits per heavy atom.